The lowest BCUT2D eigenvalue weighted by Crippen LogP contribution is -2.42. The summed E-state index contributed by atoms with van der Waals surface area (Å²) in [5.41, 5.74) is 2.56. The lowest BCUT2D eigenvalue weighted by atomic mass is 10.1. The summed E-state index contributed by atoms with van der Waals surface area (Å²) in [6, 6.07) is 4.35. The van der Waals surface area contributed by atoms with Gasteiger partial charge in [0.2, 0.25) is 0 Å². The Morgan fingerprint density at radius 1 is 1.48 bits per heavy atom. The highest BCUT2D eigenvalue weighted by atomic mass is 16.1. The van der Waals surface area contributed by atoms with Crippen LogP contribution in [-0.2, 0) is 0 Å². The van der Waals surface area contributed by atoms with E-state index in [2.05, 4.69) is 26.7 Å². The molecular formula is C16H22N4O. The number of nitrogens with one attached hydrogen (secondary N) is 1. The molecule has 5 heteroatoms. The molecule has 1 unspecified atom stereocenters. The zero-order valence-electron chi connectivity index (χ0n) is 12.9. The number of amides is 1. The van der Waals surface area contributed by atoms with E-state index in [1.54, 1.807) is 0 Å². The fourth-order valence-electron chi connectivity index (χ4n) is 3.16. The second-order valence-electron chi connectivity index (χ2n) is 6.16. The summed E-state index contributed by atoms with van der Waals surface area (Å²) in [4.78, 5) is 21.3. The quantitative estimate of drug-likeness (QED) is 0.925. The average molecular weight is 286 g/mol. The van der Waals surface area contributed by atoms with Crippen molar-refractivity contribution < 1.29 is 4.79 Å². The van der Waals surface area contributed by atoms with Crippen molar-refractivity contribution >= 4 is 17.4 Å². The number of carbonyl (C=O) groups excluding carboxylic acids is 1. The van der Waals surface area contributed by atoms with Gasteiger partial charge in [0.15, 0.2) is 5.82 Å². The molecule has 1 saturated heterocycles. The van der Waals surface area contributed by atoms with E-state index in [9.17, 15) is 4.79 Å². The molecule has 2 aliphatic heterocycles. The summed E-state index contributed by atoms with van der Waals surface area (Å²) in [7, 11) is 0. The van der Waals surface area contributed by atoms with Crippen molar-refractivity contribution in [2.24, 2.45) is 0 Å². The van der Waals surface area contributed by atoms with Crippen LogP contribution in [0.2, 0.25) is 0 Å². The molecule has 0 spiro atoms. The van der Waals surface area contributed by atoms with Crippen molar-refractivity contribution in [3.8, 4) is 0 Å². The first-order valence-corrected chi connectivity index (χ1v) is 7.49. The lowest BCUT2D eigenvalue weighted by Gasteiger charge is -2.37. The first-order chi connectivity index (χ1) is 9.97. The maximum absolute atomic E-state index is 12.2. The Bertz CT molecular complexity index is 596. The highest BCUT2D eigenvalue weighted by Crippen LogP contribution is 2.40. The number of pyridine rings is 1. The summed E-state index contributed by atoms with van der Waals surface area (Å²) in [5.74, 6) is 0.745. The topological polar surface area (TPSA) is 48.5 Å². The molecule has 1 N–H and O–H groups in total. The molecule has 0 radical (unpaired) electrons. The molecule has 1 atom stereocenters. The number of anilines is 2. The molecule has 21 heavy (non-hydrogen) atoms. The number of fused-ring (bicyclic) bond motifs is 4. The Labute approximate surface area is 125 Å². The van der Waals surface area contributed by atoms with E-state index < -0.39 is 0 Å². The van der Waals surface area contributed by atoms with E-state index in [0.717, 1.165) is 36.7 Å². The van der Waals surface area contributed by atoms with Gasteiger partial charge >= 0.3 is 0 Å². The minimum atomic E-state index is -0.123. The monoisotopic (exact) mass is 286 g/mol. The third-order valence-electron chi connectivity index (χ3n) is 4.02. The average Bonchev–Trinajstić information content (AvgIpc) is 2.82. The number of rotatable bonds is 3. The van der Waals surface area contributed by atoms with Crippen LogP contribution in [0.3, 0.4) is 0 Å². The minimum absolute atomic E-state index is 0.104. The van der Waals surface area contributed by atoms with Gasteiger partial charge in [0, 0.05) is 24.8 Å². The molecular weight excluding hydrogens is 264 g/mol. The largest absolute Gasteiger partial charge is 0.366 e. The third kappa shape index (κ3) is 2.37. The second kappa shape index (κ2) is 5.06. The third-order valence-corrected chi connectivity index (χ3v) is 4.02. The van der Waals surface area contributed by atoms with Crippen LogP contribution in [0.4, 0.5) is 11.5 Å². The van der Waals surface area contributed by atoms with Gasteiger partial charge in [-0.25, -0.2) is 4.98 Å². The van der Waals surface area contributed by atoms with Crippen molar-refractivity contribution in [1.82, 2.24) is 10.3 Å². The summed E-state index contributed by atoms with van der Waals surface area (Å²) in [6.07, 6.45) is 1.11. The van der Waals surface area contributed by atoms with Gasteiger partial charge in [-0.1, -0.05) is 6.58 Å². The fraction of sp³-hybridized carbons (Fsp3) is 0.500. The van der Waals surface area contributed by atoms with E-state index in [0.29, 0.717) is 11.7 Å². The van der Waals surface area contributed by atoms with Gasteiger partial charge in [0.1, 0.15) is 5.69 Å². The fourth-order valence-corrected chi connectivity index (χ4v) is 3.16. The first kappa shape index (κ1) is 13.9. The van der Waals surface area contributed by atoms with Crippen LogP contribution in [0.1, 0.15) is 37.7 Å². The number of hydrogen-bond acceptors (Lipinski definition) is 4. The highest BCUT2D eigenvalue weighted by molar-refractivity contribution is 5.94. The van der Waals surface area contributed by atoms with E-state index in [1.165, 1.54) is 0 Å². The van der Waals surface area contributed by atoms with Crippen molar-refractivity contribution in [1.29, 1.82) is 0 Å². The number of carbonyl (C=O) groups is 1. The SMILES string of the molecule is C=C(C)N1c2nc(C(=O)NC(C)C)ccc2N2CCC1C2. The Hall–Kier alpha value is -2.04. The molecule has 3 rings (SSSR count). The molecule has 2 aliphatic rings. The van der Waals surface area contributed by atoms with Crippen LogP contribution >= 0.6 is 0 Å². The standard InChI is InChI=1S/C16H22N4O/c1-10(2)17-16(21)13-5-6-14-15(18-13)20(11(3)4)12-7-8-19(14)9-12/h5-6,10,12H,3,7-9H2,1-2,4H3,(H,17,21). The molecule has 1 aromatic rings. The van der Waals surface area contributed by atoms with Crippen LogP contribution < -0.4 is 15.1 Å². The maximum Gasteiger partial charge on any atom is 0.270 e. The number of aromatic nitrogens is 1. The number of hydrogen-bond donors (Lipinski definition) is 1. The van der Waals surface area contributed by atoms with E-state index in [1.807, 2.05) is 32.9 Å². The van der Waals surface area contributed by atoms with Crippen molar-refractivity contribution in [3.05, 3.63) is 30.1 Å². The normalized spacial score (nSPS) is 19.7. The second-order valence-corrected chi connectivity index (χ2v) is 6.16. The first-order valence-electron chi connectivity index (χ1n) is 7.49. The molecule has 5 nitrogen and oxygen atoms in total. The Balaban J connectivity index is 2.00. The molecule has 0 aromatic carbocycles. The summed E-state index contributed by atoms with van der Waals surface area (Å²) >= 11 is 0. The zero-order valence-corrected chi connectivity index (χ0v) is 12.9. The zero-order chi connectivity index (χ0) is 15.1. The smallest absolute Gasteiger partial charge is 0.270 e. The van der Waals surface area contributed by atoms with Crippen LogP contribution in [0.25, 0.3) is 0 Å². The summed E-state index contributed by atoms with van der Waals surface area (Å²) in [6.45, 7) is 12.0. The summed E-state index contributed by atoms with van der Waals surface area (Å²) in [5, 5.41) is 2.89. The Morgan fingerprint density at radius 2 is 2.24 bits per heavy atom. The predicted octanol–water partition coefficient (Wildman–Crippen LogP) is 2.15. The summed E-state index contributed by atoms with van der Waals surface area (Å²) < 4.78 is 0. The molecule has 1 aromatic heterocycles. The van der Waals surface area contributed by atoms with Crippen molar-refractivity contribution in [2.75, 3.05) is 22.9 Å². The maximum atomic E-state index is 12.2. The predicted molar refractivity (Wildman–Crippen MR) is 84.8 cm³/mol. The van der Waals surface area contributed by atoms with Crippen LogP contribution in [0.15, 0.2) is 24.4 Å². The van der Waals surface area contributed by atoms with Crippen molar-refractivity contribution in [3.63, 3.8) is 0 Å². The van der Waals surface area contributed by atoms with E-state index in [4.69, 9.17) is 0 Å². The minimum Gasteiger partial charge on any atom is -0.366 e. The Morgan fingerprint density at radius 3 is 2.90 bits per heavy atom. The van der Waals surface area contributed by atoms with E-state index in [-0.39, 0.29) is 11.9 Å². The lowest BCUT2D eigenvalue weighted by molar-refractivity contribution is 0.0938. The molecule has 0 saturated carbocycles. The van der Waals surface area contributed by atoms with Gasteiger partial charge in [0.25, 0.3) is 5.91 Å². The number of allylic oxidation sites excluding steroid dienone is 1. The van der Waals surface area contributed by atoms with Gasteiger partial charge < -0.3 is 15.1 Å². The molecule has 1 fully saturated rings. The van der Waals surface area contributed by atoms with Gasteiger partial charge in [-0.05, 0) is 39.3 Å². The van der Waals surface area contributed by atoms with Crippen molar-refractivity contribution in [2.45, 2.75) is 39.3 Å². The van der Waals surface area contributed by atoms with Gasteiger partial charge in [0.05, 0.1) is 11.7 Å². The van der Waals surface area contributed by atoms with Gasteiger partial charge in [-0.2, -0.15) is 0 Å². The number of nitrogens with zero attached hydrogens (tertiary/aromatic N) is 3. The Kier molecular flexibility index (Phi) is 3.35. The molecule has 2 bridgehead atoms. The van der Waals surface area contributed by atoms with Crippen LogP contribution in [-0.4, -0.2) is 36.1 Å². The highest BCUT2D eigenvalue weighted by Gasteiger charge is 2.37. The molecule has 3 heterocycles. The molecule has 1 amide bonds. The van der Waals surface area contributed by atoms with E-state index >= 15 is 0 Å². The van der Waals surface area contributed by atoms with Gasteiger partial charge in [-0.15, -0.1) is 0 Å². The van der Waals surface area contributed by atoms with Crippen LogP contribution in [0.5, 0.6) is 0 Å². The molecule has 0 aliphatic carbocycles. The molecule has 112 valence electrons. The van der Waals surface area contributed by atoms with Crippen LogP contribution in [0, 0.1) is 0 Å². The van der Waals surface area contributed by atoms with Gasteiger partial charge in [-0.3, -0.25) is 4.79 Å².